The van der Waals surface area contributed by atoms with Gasteiger partial charge in [0, 0.05) is 7.05 Å². The van der Waals surface area contributed by atoms with Crippen molar-refractivity contribution in [3.05, 3.63) is 102 Å². The van der Waals surface area contributed by atoms with Crippen LogP contribution in [0.5, 0.6) is 0 Å². The van der Waals surface area contributed by atoms with Crippen molar-refractivity contribution < 1.29 is 9.18 Å². The molecule has 0 aliphatic carbocycles. The first-order valence-corrected chi connectivity index (χ1v) is 11.7. The van der Waals surface area contributed by atoms with Crippen LogP contribution in [0.3, 0.4) is 0 Å². The Morgan fingerprint density at radius 1 is 0.970 bits per heavy atom. The van der Waals surface area contributed by atoms with Crippen LogP contribution in [0.15, 0.2) is 90.1 Å². The summed E-state index contributed by atoms with van der Waals surface area (Å²) in [6.45, 7) is 2.48. The summed E-state index contributed by atoms with van der Waals surface area (Å²) in [4.78, 5) is 14.7. The predicted octanol–water partition coefficient (Wildman–Crippen LogP) is 5.44. The minimum Gasteiger partial charge on any atom is -0.338 e. The molecule has 0 fully saturated rings. The molecule has 0 radical (unpaired) electrons. The molecule has 1 heterocycles. The van der Waals surface area contributed by atoms with E-state index in [1.165, 1.54) is 17.8 Å². The van der Waals surface area contributed by atoms with Crippen molar-refractivity contribution in [2.45, 2.75) is 24.7 Å². The maximum atomic E-state index is 14.5. The first-order chi connectivity index (χ1) is 16.0. The highest BCUT2D eigenvalue weighted by Gasteiger charge is 2.21. The summed E-state index contributed by atoms with van der Waals surface area (Å²) in [5.41, 5.74) is 2.50. The minimum absolute atomic E-state index is 0.0157. The lowest BCUT2D eigenvalue weighted by Gasteiger charge is -2.25. The van der Waals surface area contributed by atoms with Crippen molar-refractivity contribution in [2.24, 2.45) is 0 Å². The molecule has 1 amide bonds. The van der Waals surface area contributed by atoms with E-state index in [9.17, 15) is 9.18 Å². The van der Waals surface area contributed by atoms with Gasteiger partial charge in [0.25, 0.3) is 0 Å². The quantitative estimate of drug-likeness (QED) is 0.328. The topological polar surface area (TPSA) is 51.0 Å². The molecule has 7 heteroatoms. The summed E-state index contributed by atoms with van der Waals surface area (Å²) in [5.74, 6) is 0.275. The molecule has 0 bridgehead atoms. The molecule has 0 saturated heterocycles. The summed E-state index contributed by atoms with van der Waals surface area (Å²) in [7, 11) is 1.81. The molecule has 0 saturated carbocycles. The third-order valence-electron chi connectivity index (χ3n) is 5.60. The van der Waals surface area contributed by atoms with Gasteiger partial charge in [-0.05, 0) is 30.2 Å². The Morgan fingerprint density at radius 2 is 1.61 bits per heavy atom. The van der Waals surface area contributed by atoms with Crippen LogP contribution in [-0.2, 0) is 11.3 Å². The van der Waals surface area contributed by atoms with E-state index in [1.54, 1.807) is 30.1 Å². The van der Waals surface area contributed by atoms with Gasteiger partial charge in [-0.1, -0.05) is 84.6 Å². The van der Waals surface area contributed by atoms with Crippen molar-refractivity contribution in [2.75, 3.05) is 12.8 Å². The summed E-state index contributed by atoms with van der Waals surface area (Å²) in [6, 6.07) is 26.3. The molecular formula is C26H25FN4OS. The van der Waals surface area contributed by atoms with Crippen LogP contribution in [0, 0.1) is 5.82 Å². The van der Waals surface area contributed by atoms with E-state index >= 15 is 0 Å². The number of halogens is 1. The number of aromatic nitrogens is 3. The van der Waals surface area contributed by atoms with Crippen LogP contribution in [-0.4, -0.2) is 38.4 Å². The van der Waals surface area contributed by atoms with Crippen LogP contribution >= 0.6 is 11.8 Å². The van der Waals surface area contributed by atoms with Crippen molar-refractivity contribution in [3.8, 4) is 11.4 Å². The fourth-order valence-corrected chi connectivity index (χ4v) is 4.41. The Labute approximate surface area is 197 Å². The molecule has 5 nitrogen and oxygen atoms in total. The summed E-state index contributed by atoms with van der Waals surface area (Å²) >= 11 is 1.31. The normalized spacial score (nSPS) is 11.8. The molecule has 168 valence electrons. The van der Waals surface area contributed by atoms with Gasteiger partial charge in [-0.25, -0.2) is 4.39 Å². The molecule has 0 spiro atoms. The highest BCUT2D eigenvalue weighted by Crippen LogP contribution is 2.28. The third-order valence-corrected chi connectivity index (χ3v) is 6.55. The fourth-order valence-electron chi connectivity index (χ4n) is 3.55. The number of carbonyl (C=O) groups excluding carboxylic acids is 1. The lowest BCUT2D eigenvalue weighted by molar-refractivity contribution is -0.128. The molecule has 0 aliphatic rings. The van der Waals surface area contributed by atoms with E-state index in [2.05, 4.69) is 10.2 Å². The van der Waals surface area contributed by atoms with Crippen LogP contribution in [0.2, 0.25) is 0 Å². The average Bonchev–Trinajstić information content (AvgIpc) is 3.25. The molecule has 3 aromatic carbocycles. The van der Waals surface area contributed by atoms with E-state index in [1.807, 2.05) is 72.2 Å². The number of amides is 1. The molecule has 1 atom stereocenters. The van der Waals surface area contributed by atoms with E-state index in [-0.39, 0.29) is 23.5 Å². The van der Waals surface area contributed by atoms with Crippen LogP contribution in [0.4, 0.5) is 4.39 Å². The largest absolute Gasteiger partial charge is 0.338 e. The second kappa shape index (κ2) is 10.4. The smallest absolute Gasteiger partial charge is 0.233 e. The second-order valence-corrected chi connectivity index (χ2v) is 8.68. The first kappa shape index (κ1) is 22.7. The lowest BCUT2D eigenvalue weighted by Crippen LogP contribution is -2.31. The Morgan fingerprint density at radius 3 is 2.30 bits per heavy atom. The van der Waals surface area contributed by atoms with Gasteiger partial charge in [0.1, 0.15) is 5.82 Å². The van der Waals surface area contributed by atoms with Crippen molar-refractivity contribution in [3.63, 3.8) is 0 Å². The van der Waals surface area contributed by atoms with E-state index in [4.69, 9.17) is 0 Å². The number of benzene rings is 3. The van der Waals surface area contributed by atoms with Gasteiger partial charge in [-0.3, -0.25) is 9.36 Å². The highest BCUT2D eigenvalue weighted by atomic mass is 32.2. The van der Waals surface area contributed by atoms with Crippen molar-refractivity contribution in [1.82, 2.24) is 19.7 Å². The lowest BCUT2D eigenvalue weighted by atomic mass is 10.1. The molecule has 1 unspecified atom stereocenters. The van der Waals surface area contributed by atoms with Gasteiger partial charge >= 0.3 is 0 Å². The van der Waals surface area contributed by atoms with E-state index in [0.29, 0.717) is 23.1 Å². The number of nitrogens with zero attached hydrogens (tertiary/aromatic N) is 4. The second-order valence-electron chi connectivity index (χ2n) is 7.74. The Bertz CT molecular complexity index is 1210. The zero-order valence-electron chi connectivity index (χ0n) is 18.6. The molecule has 4 aromatic rings. The maximum Gasteiger partial charge on any atom is 0.233 e. The Hall–Kier alpha value is -3.45. The number of hydrogen-bond acceptors (Lipinski definition) is 4. The molecule has 0 aliphatic heterocycles. The summed E-state index contributed by atoms with van der Waals surface area (Å²) < 4.78 is 16.4. The Balaban J connectivity index is 1.56. The van der Waals surface area contributed by atoms with Gasteiger partial charge in [-0.15, -0.1) is 10.2 Å². The standard InChI is InChI=1S/C26H25FN4OS/c1-19(21-13-7-4-8-14-21)30(2)24(32)18-33-26-29-28-25(22-15-9-10-16-23(22)27)31(26)17-20-11-5-3-6-12-20/h3-16,19H,17-18H2,1-2H3. The predicted molar refractivity (Wildman–Crippen MR) is 129 cm³/mol. The fraction of sp³-hybridized carbons (Fsp3) is 0.192. The number of rotatable bonds is 8. The zero-order valence-corrected chi connectivity index (χ0v) is 19.4. The molecule has 0 N–H and O–H groups in total. The Kier molecular flexibility index (Phi) is 7.19. The van der Waals surface area contributed by atoms with Gasteiger partial charge in [0.2, 0.25) is 5.91 Å². The molecule has 4 rings (SSSR count). The maximum absolute atomic E-state index is 14.5. The summed E-state index contributed by atoms with van der Waals surface area (Å²) in [5, 5.41) is 9.15. The van der Waals surface area contributed by atoms with Crippen LogP contribution in [0.1, 0.15) is 24.1 Å². The average molecular weight is 461 g/mol. The molecular weight excluding hydrogens is 435 g/mol. The zero-order chi connectivity index (χ0) is 23.2. The van der Waals surface area contributed by atoms with Crippen LogP contribution < -0.4 is 0 Å². The first-order valence-electron chi connectivity index (χ1n) is 10.7. The monoisotopic (exact) mass is 460 g/mol. The molecule has 33 heavy (non-hydrogen) atoms. The van der Waals surface area contributed by atoms with Gasteiger partial charge in [0.05, 0.1) is 23.9 Å². The molecule has 1 aromatic heterocycles. The number of hydrogen-bond donors (Lipinski definition) is 0. The van der Waals surface area contributed by atoms with Crippen LogP contribution in [0.25, 0.3) is 11.4 Å². The number of carbonyl (C=O) groups is 1. The van der Waals surface area contributed by atoms with E-state index < -0.39 is 0 Å². The summed E-state index contributed by atoms with van der Waals surface area (Å²) in [6.07, 6.45) is 0. The van der Waals surface area contributed by atoms with Gasteiger partial charge in [0.15, 0.2) is 11.0 Å². The van der Waals surface area contributed by atoms with Crippen molar-refractivity contribution >= 4 is 17.7 Å². The SMILES string of the molecule is CC(c1ccccc1)N(C)C(=O)CSc1nnc(-c2ccccc2F)n1Cc1ccccc1. The van der Waals surface area contributed by atoms with E-state index in [0.717, 1.165) is 11.1 Å². The van der Waals surface area contributed by atoms with Crippen molar-refractivity contribution in [1.29, 1.82) is 0 Å². The van der Waals surface area contributed by atoms with Gasteiger partial charge in [-0.2, -0.15) is 0 Å². The number of thioether (sulfide) groups is 1. The minimum atomic E-state index is -0.358. The highest BCUT2D eigenvalue weighted by molar-refractivity contribution is 7.99. The van der Waals surface area contributed by atoms with Gasteiger partial charge < -0.3 is 4.90 Å². The third kappa shape index (κ3) is 5.31.